The summed E-state index contributed by atoms with van der Waals surface area (Å²) in [4.78, 5) is 29.2. The number of pyridine rings is 1. The number of nitrogens with zero attached hydrogens (tertiary/aromatic N) is 3. The molecule has 1 atom stereocenters. The van der Waals surface area contributed by atoms with E-state index < -0.39 is 0 Å². The third-order valence-corrected chi connectivity index (χ3v) is 5.99. The normalized spacial score (nSPS) is 12.1. The molecule has 1 unspecified atom stereocenters. The molecule has 8 heteroatoms. The van der Waals surface area contributed by atoms with Gasteiger partial charge in [0, 0.05) is 48.4 Å². The topological polar surface area (TPSA) is 104 Å². The monoisotopic (exact) mass is 496 g/mol. The van der Waals surface area contributed by atoms with Crippen LogP contribution >= 0.6 is 0 Å². The van der Waals surface area contributed by atoms with Gasteiger partial charge < -0.3 is 15.0 Å². The second-order valence-corrected chi connectivity index (χ2v) is 8.53. The first-order valence-electron chi connectivity index (χ1n) is 12.4. The van der Waals surface area contributed by atoms with Crippen molar-refractivity contribution in [2.45, 2.75) is 25.2 Å². The lowest BCUT2D eigenvalue weighted by molar-refractivity contribution is 0.0975. The van der Waals surface area contributed by atoms with Crippen LogP contribution in [0.2, 0.25) is 0 Å². The van der Waals surface area contributed by atoms with E-state index in [1.165, 1.54) is 0 Å². The molecule has 2 heterocycles. The second kappa shape index (κ2) is 13.6. The van der Waals surface area contributed by atoms with Crippen molar-refractivity contribution in [1.29, 1.82) is 0 Å². The number of ether oxygens (including phenoxy) is 1. The minimum Gasteiger partial charge on any atom is -0.497 e. The number of methoxy groups -OCH3 is 1. The first-order chi connectivity index (χ1) is 18.2. The molecule has 2 aromatic heterocycles. The number of amides is 1. The molecule has 4 aromatic rings. The summed E-state index contributed by atoms with van der Waals surface area (Å²) in [7, 11) is 1.66. The van der Waals surface area contributed by atoms with Crippen LogP contribution < -0.4 is 15.4 Å². The number of aromatic amines is 1. The summed E-state index contributed by atoms with van der Waals surface area (Å²) in [6.07, 6.45) is 7.73. The maximum Gasteiger partial charge on any atom is 0.257 e. The Bertz CT molecular complexity index is 1240. The largest absolute Gasteiger partial charge is 0.497 e. The Kier molecular flexibility index (Phi) is 9.41. The lowest BCUT2D eigenvalue weighted by atomic mass is 9.92. The average Bonchev–Trinajstić information content (AvgIpc) is 3.48. The van der Waals surface area contributed by atoms with E-state index in [-0.39, 0.29) is 11.8 Å². The molecule has 0 aliphatic rings. The third kappa shape index (κ3) is 7.76. The lowest BCUT2D eigenvalue weighted by Crippen LogP contribution is -2.42. The Morgan fingerprint density at radius 1 is 1.05 bits per heavy atom. The minimum absolute atomic E-state index is 0.0751. The number of benzene rings is 2. The summed E-state index contributed by atoms with van der Waals surface area (Å²) in [5.74, 6) is 1.16. The van der Waals surface area contributed by atoms with E-state index in [1.54, 1.807) is 25.6 Å². The molecule has 0 bridgehead atoms. The van der Waals surface area contributed by atoms with E-state index in [0.717, 1.165) is 42.0 Å². The van der Waals surface area contributed by atoms with Crippen LogP contribution in [-0.4, -0.2) is 47.0 Å². The van der Waals surface area contributed by atoms with Gasteiger partial charge in [-0.25, -0.2) is 4.98 Å². The van der Waals surface area contributed by atoms with Crippen LogP contribution in [0.5, 0.6) is 5.75 Å². The number of nitrogens with one attached hydrogen (secondary N) is 3. The van der Waals surface area contributed by atoms with Crippen molar-refractivity contribution in [3.63, 3.8) is 0 Å². The zero-order valence-corrected chi connectivity index (χ0v) is 20.9. The summed E-state index contributed by atoms with van der Waals surface area (Å²) >= 11 is 0. The third-order valence-electron chi connectivity index (χ3n) is 5.99. The molecule has 37 heavy (non-hydrogen) atoms. The quantitative estimate of drug-likeness (QED) is 0.163. The number of hydrogen-bond acceptors (Lipinski definition) is 5. The standard InChI is InChI=1S/C29H32N6O2/c1-37-25-14-12-22(13-15-25)26(27-11-5-6-17-31-27)16-19-33-29(32-18-7-10-24-20-30-21-34-24)35-28(36)23-8-3-2-4-9-23/h2-6,8-9,11-15,17,20-21,26H,7,10,16,18-19H2,1H3,(H,30,34)(H2,32,33,35,36). The molecule has 0 radical (unpaired) electrons. The molecule has 1 amide bonds. The number of imidazole rings is 1. The highest BCUT2D eigenvalue weighted by Gasteiger charge is 2.16. The molecule has 2 aromatic carbocycles. The molecule has 0 spiro atoms. The number of carbonyl (C=O) groups excluding carboxylic acids is 1. The van der Waals surface area contributed by atoms with E-state index in [4.69, 9.17) is 4.74 Å². The number of aryl methyl sites for hydroxylation is 1. The maximum atomic E-state index is 12.8. The molecule has 0 saturated carbocycles. The Labute approximate surface area is 217 Å². The number of rotatable bonds is 11. The van der Waals surface area contributed by atoms with Gasteiger partial charge in [-0.1, -0.05) is 36.4 Å². The number of hydrogen-bond donors (Lipinski definition) is 3. The Morgan fingerprint density at radius 2 is 1.86 bits per heavy atom. The van der Waals surface area contributed by atoms with Crippen molar-refractivity contribution >= 4 is 11.9 Å². The van der Waals surface area contributed by atoms with Gasteiger partial charge in [-0.2, -0.15) is 0 Å². The number of aromatic nitrogens is 3. The van der Waals surface area contributed by atoms with Gasteiger partial charge in [0.25, 0.3) is 5.91 Å². The molecular weight excluding hydrogens is 464 g/mol. The van der Waals surface area contributed by atoms with Gasteiger partial charge in [0.15, 0.2) is 5.96 Å². The summed E-state index contributed by atoms with van der Waals surface area (Å²) in [5.41, 5.74) is 3.78. The first-order valence-corrected chi connectivity index (χ1v) is 12.4. The number of carbonyl (C=O) groups is 1. The molecule has 0 aliphatic carbocycles. The van der Waals surface area contributed by atoms with Crippen molar-refractivity contribution in [2.24, 2.45) is 4.99 Å². The number of guanidine groups is 1. The molecular formula is C29H32N6O2. The first kappa shape index (κ1) is 25.6. The minimum atomic E-state index is -0.197. The van der Waals surface area contributed by atoms with Crippen LogP contribution in [0, 0.1) is 0 Å². The molecule has 4 rings (SSSR count). The fourth-order valence-electron chi connectivity index (χ4n) is 4.03. The van der Waals surface area contributed by atoms with Crippen molar-refractivity contribution in [1.82, 2.24) is 25.6 Å². The molecule has 8 nitrogen and oxygen atoms in total. The maximum absolute atomic E-state index is 12.8. The van der Waals surface area contributed by atoms with Gasteiger partial charge in [0.05, 0.1) is 13.4 Å². The van der Waals surface area contributed by atoms with E-state index >= 15 is 0 Å². The molecule has 0 fully saturated rings. The zero-order chi connectivity index (χ0) is 25.7. The van der Waals surface area contributed by atoms with Gasteiger partial charge in [-0.3, -0.25) is 20.1 Å². The van der Waals surface area contributed by atoms with Crippen LogP contribution in [0.15, 0.2) is 96.5 Å². The molecule has 190 valence electrons. The summed E-state index contributed by atoms with van der Waals surface area (Å²) in [5, 5.41) is 6.30. The number of aliphatic imine (C=N–C) groups is 1. The van der Waals surface area contributed by atoms with E-state index in [9.17, 15) is 4.79 Å². The number of H-pyrrole nitrogens is 1. The van der Waals surface area contributed by atoms with Crippen LogP contribution in [0.25, 0.3) is 0 Å². The highest BCUT2D eigenvalue weighted by molar-refractivity contribution is 6.05. The highest BCUT2D eigenvalue weighted by Crippen LogP contribution is 2.27. The van der Waals surface area contributed by atoms with E-state index in [1.807, 2.05) is 60.9 Å². The lowest BCUT2D eigenvalue weighted by Gasteiger charge is -2.19. The van der Waals surface area contributed by atoms with Crippen molar-refractivity contribution in [2.75, 3.05) is 20.2 Å². The van der Waals surface area contributed by atoms with Gasteiger partial charge in [-0.05, 0) is 61.2 Å². The van der Waals surface area contributed by atoms with Gasteiger partial charge in [0.1, 0.15) is 5.75 Å². The van der Waals surface area contributed by atoms with Gasteiger partial charge in [-0.15, -0.1) is 0 Å². The van der Waals surface area contributed by atoms with E-state index in [0.29, 0.717) is 24.6 Å². The molecule has 0 aliphatic heterocycles. The Balaban J connectivity index is 1.43. The predicted octanol–water partition coefficient (Wildman–Crippen LogP) is 4.34. The van der Waals surface area contributed by atoms with Crippen LogP contribution in [0.1, 0.15) is 46.1 Å². The zero-order valence-electron chi connectivity index (χ0n) is 20.9. The summed E-state index contributed by atoms with van der Waals surface area (Å²) < 4.78 is 5.32. The van der Waals surface area contributed by atoms with Crippen LogP contribution in [-0.2, 0) is 6.42 Å². The predicted molar refractivity (Wildman–Crippen MR) is 145 cm³/mol. The molecule has 0 saturated heterocycles. The average molecular weight is 497 g/mol. The fraction of sp³-hybridized carbons (Fsp3) is 0.241. The fourth-order valence-corrected chi connectivity index (χ4v) is 4.03. The van der Waals surface area contributed by atoms with Crippen molar-refractivity contribution < 1.29 is 9.53 Å². The van der Waals surface area contributed by atoms with E-state index in [2.05, 4.69) is 42.7 Å². The van der Waals surface area contributed by atoms with Crippen molar-refractivity contribution in [3.8, 4) is 5.75 Å². The highest BCUT2D eigenvalue weighted by atomic mass is 16.5. The molecule has 3 N–H and O–H groups in total. The van der Waals surface area contributed by atoms with Crippen LogP contribution in [0.3, 0.4) is 0 Å². The van der Waals surface area contributed by atoms with Crippen molar-refractivity contribution in [3.05, 3.63) is 114 Å². The Morgan fingerprint density at radius 3 is 2.57 bits per heavy atom. The summed E-state index contributed by atoms with van der Waals surface area (Å²) in [6.45, 7) is 1.17. The second-order valence-electron chi connectivity index (χ2n) is 8.53. The smallest absolute Gasteiger partial charge is 0.257 e. The van der Waals surface area contributed by atoms with Crippen LogP contribution in [0.4, 0.5) is 0 Å². The summed E-state index contributed by atoms with van der Waals surface area (Å²) in [6, 6.07) is 23.2. The van der Waals surface area contributed by atoms with Gasteiger partial charge >= 0.3 is 0 Å². The van der Waals surface area contributed by atoms with Gasteiger partial charge in [0.2, 0.25) is 0 Å². The Hall–Kier alpha value is -4.46. The SMILES string of the molecule is COc1ccc(C(CCNC(=NCCCc2cnc[nH]2)NC(=O)c2ccccc2)c2ccccn2)cc1.